The van der Waals surface area contributed by atoms with Crippen LogP contribution in [0.25, 0.3) is 16.9 Å². The number of fused-ring (bicyclic) bond motifs is 1. The van der Waals surface area contributed by atoms with Crippen LogP contribution in [0.2, 0.25) is 5.02 Å². The van der Waals surface area contributed by atoms with Gasteiger partial charge >= 0.3 is 0 Å². The van der Waals surface area contributed by atoms with E-state index in [1.54, 1.807) is 33.0 Å². The highest BCUT2D eigenvalue weighted by molar-refractivity contribution is 6.30. The second kappa shape index (κ2) is 8.20. The molecule has 4 aromatic rings. The Bertz CT molecular complexity index is 1440. The van der Waals surface area contributed by atoms with Crippen molar-refractivity contribution < 1.29 is 13.5 Å². The van der Waals surface area contributed by atoms with Crippen molar-refractivity contribution in [1.82, 2.24) is 24.6 Å². The van der Waals surface area contributed by atoms with Crippen LogP contribution in [0, 0.1) is 26.6 Å². The lowest BCUT2D eigenvalue weighted by Crippen LogP contribution is -2.39. The third-order valence-corrected chi connectivity index (χ3v) is 5.90. The lowest BCUT2D eigenvalue weighted by atomic mass is 10.1. The van der Waals surface area contributed by atoms with Crippen molar-refractivity contribution >= 4 is 23.1 Å². The van der Waals surface area contributed by atoms with Gasteiger partial charge in [0.2, 0.25) is 11.8 Å². The molecule has 170 valence electrons. The largest absolute Gasteiger partial charge is 0.423 e. The van der Waals surface area contributed by atoms with Crippen LogP contribution < -0.4 is 10.5 Å². The zero-order chi connectivity index (χ0) is 23.3. The topological polar surface area (TPSA) is 98.7 Å². The van der Waals surface area contributed by atoms with Crippen molar-refractivity contribution in [2.75, 3.05) is 24.6 Å². The van der Waals surface area contributed by atoms with Gasteiger partial charge in [0, 0.05) is 35.3 Å². The molecule has 1 atom stereocenters. The molecule has 1 aromatic carbocycles. The molecule has 1 fully saturated rings. The zero-order valence-electron chi connectivity index (χ0n) is 18.2. The first-order valence-corrected chi connectivity index (χ1v) is 10.7. The van der Waals surface area contributed by atoms with Gasteiger partial charge in [0.25, 0.3) is 5.56 Å². The van der Waals surface area contributed by atoms with E-state index in [9.17, 15) is 9.18 Å². The normalized spacial score (nSPS) is 16.5. The van der Waals surface area contributed by atoms with Crippen LogP contribution in [-0.4, -0.2) is 44.3 Å². The van der Waals surface area contributed by atoms with Crippen molar-refractivity contribution in [1.29, 1.82) is 0 Å². The minimum absolute atomic E-state index is 0.200. The monoisotopic (exact) mass is 470 g/mol. The van der Waals surface area contributed by atoms with E-state index < -0.39 is 11.9 Å². The van der Waals surface area contributed by atoms with E-state index in [1.165, 1.54) is 16.5 Å². The van der Waals surface area contributed by atoms with Gasteiger partial charge < -0.3 is 14.1 Å². The summed E-state index contributed by atoms with van der Waals surface area (Å²) in [6, 6.07) is 4.32. The molecule has 1 aliphatic rings. The van der Waals surface area contributed by atoms with E-state index in [0.29, 0.717) is 48.6 Å². The van der Waals surface area contributed by atoms with Crippen LogP contribution in [0.5, 0.6) is 0 Å². The molecule has 1 aliphatic heterocycles. The Balaban J connectivity index is 1.67. The SMILES string of the molecule is Cc1nnc(C2CN(c3cn4c(=O)c(C)c(C)nc4c(-c4ccc(Cl)cc4F)n3)CCO2)o1. The number of benzene rings is 1. The molecular formula is C22H20ClFN6O3. The first-order chi connectivity index (χ1) is 15.8. The van der Waals surface area contributed by atoms with E-state index in [0.717, 1.165) is 0 Å². The Hall–Kier alpha value is -3.37. The van der Waals surface area contributed by atoms with Gasteiger partial charge in [-0.3, -0.25) is 9.20 Å². The van der Waals surface area contributed by atoms with E-state index in [-0.39, 0.29) is 27.5 Å². The Kier molecular flexibility index (Phi) is 5.34. The molecule has 4 heterocycles. The predicted octanol–water partition coefficient (Wildman–Crippen LogP) is 3.44. The van der Waals surface area contributed by atoms with Crippen LogP contribution in [0.4, 0.5) is 10.2 Å². The standard InChI is InChI=1S/C22H20ClFN6O3/c1-11-12(2)25-20-19(15-5-4-14(23)8-16(15)24)26-18(10-30(20)22(11)31)29-6-7-32-17(9-29)21-28-27-13(3)33-21/h4-5,8,10,17H,6-7,9H2,1-3H3. The second-order valence-corrected chi connectivity index (χ2v) is 8.29. The second-order valence-electron chi connectivity index (χ2n) is 7.86. The maximum atomic E-state index is 14.9. The quantitative estimate of drug-likeness (QED) is 0.449. The molecule has 0 radical (unpaired) electrons. The number of halogens is 2. The molecule has 1 unspecified atom stereocenters. The van der Waals surface area contributed by atoms with Crippen LogP contribution >= 0.6 is 11.6 Å². The highest BCUT2D eigenvalue weighted by Crippen LogP contribution is 2.30. The summed E-state index contributed by atoms with van der Waals surface area (Å²) in [5, 5.41) is 8.18. The maximum Gasteiger partial charge on any atom is 0.261 e. The Morgan fingerprint density at radius 2 is 2.00 bits per heavy atom. The van der Waals surface area contributed by atoms with Gasteiger partial charge in [-0.2, -0.15) is 0 Å². The van der Waals surface area contributed by atoms with E-state index in [4.69, 9.17) is 25.7 Å². The molecule has 5 rings (SSSR count). The minimum atomic E-state index is -0.553. The summed E-state index contributed by atoms with van der Waals surface area (Å²) >= 11 is 5.95. The van der Waals surface area contributed by atoms with Gasteiger partial charge in [0.1, 0.15) is 17.3 Å². The predicted molar refractivity (Wildman–Crippen MR) is 119 cm³/mol. The fourth-order valence-corrected chi connectivity index (χ4v) is 3.95. The van der Waals surface area contributed by atoms with E-state index in [2.05, 4.69) is 15.2 Å². The summed E-state index contributed by atoms with van der Waals surface area (Å²) in [7, 11) is 0. The van der Waals surface area contributed by atoms with Crippen molar-refractivity contribution in [3.63, 3.8) is 0 Å². The van der Waals surface area contributed by atoms with Gasteiger partial charge in [-0.25, -0.2) is 14.4 Å². The molecule has 9 nitrogen and oxygen atoms in total. The average Bonchev–Trinajstić information content (AvgIpc) is 3.24. The molecule has 1 saturated heterocycles. The van der Waals surface area contributed by atoms with E-state index >= 15 is 0 Å². The van der Waals surface area contributed by atoms with Crippen molar-refractivity contribution in [3.8, 4) is 11.3 Å². The fourth-order valence-electron chi connectivity index (χ4n) is 3.79. The lowest BCUT2D eigenvalue weighted by Gasteiger charge is -2.32. The molecule has 11 heteroatoms. The number of aryl methyl sites for hydroxylation is 2. The molecule has 0 spiro atoms. The van der Waals surface area contributed by atoms with Gasteiger partial charge in [0.15, 0.2) is 11.8 Å². The van der Waals surface area contributed by atoms with Crippen LogP contribution in [0.3, 0.4) is 0 Å². The number of nitrogens with zero attached hydrogens (tertiary/aromatic N) is 6. The van der Waals surface area contributed by atoms with Crippen molar-refractivity contribution in [3.05, 3.63) is 68.6 Å². The maximum absolute atomic E-state index is 14.9. The van der Waals surface area contributed by atoms with Gasteiger partial charge in [-0.05, 0) is 32.0 Å². The molecular weight excluding hydrogens is 451 g/mol. The zero-order valence-corrected chi connectivity index (χ0v) is 18.9. The van der Waals surface area contributed by atoms with Crippen molar-refractivity contribution in [2.45, 2.75) is 26.9 Å². The minimum Gasteiger partial charge on any atom is -0.423 e. The number of aromatic nitrogens is 5. The Morgan fingerprint density at radius 1 is 1.18 bits per heavy atom. The first kappa shape index (κ1) is 21.5. The number of anilines is 1. The van der Waals surface area contributed by atoms with Gasteiger partial charge in [-0.1, -0.05) is 11.6 Å². The molecule has 33 heavy (non-hydrogen) atoms. The molecule has 0 amide bonds. The highest BCUT2D eigenvalue weighted by Gasteiger charge is 2.28. The van der Waals surface area contributed by atoms with Crippen LogP contribution in [0.1, 0.15) is 29.1 Å². The third kappa shape index (κ3) is 3.85. The summed E-state index contributed by atoms with van der Waals surface area (Å²) in [4.78, 5) is 24.3. The third-order valence-electron chi connectivity index (χ3n) is 5.66. The molecule has 0 N–H and O–H groups in total. The Labute approximate surface area is 192 Å². The van der Waals surface area contributed by atoms with Crippen LogP contribution in [0.15, 0.2) is 33.6 Å². The molecule has 0 aliphatic carbocycles. The summed E-state index contributed by atoms with van der Waals surface area (Å²) < 4.78 is 27.6. The van der Waals surface area contributed by atoms with E-state index in [1.807, 2.05) is 4.90 Å². The number of hydrogen-bond donors (Lipinski definition) is 0. The van der Waals surface area contributed by atoms with Crippen LogP contribution in [-0.2, 0) is 4.74 Å². The summed E-state index contributed by atoms with van der Waals surface area (Å²) in [5.74, 6) is 0.733. The average molecular weight is 471 g/mol. The highest BCUT2D eigenvalue weighted by atomic mass is 35.5. The lowest BCUT2D eigenvalue weighted by molar-refractivity contribution is 0.0214. The molecule has 0 saturated carbocycles. The summed E-state index contributed by atoms with van der Waals surface area (Å²) in [6.07, 6.45) is 1.17. The smallest absolute Gasteiger partial charge is 0.261 e. The number of morpholine rings is 1. The number of hydrogen-bond acceptors (Lipinski definition) is 8. The van der Waals surface area contributed by atoms with Gasteiger partial charge in [0.05, 0.1) is 19.3 Å². The van der Waals surface area contributed by atoms with Gasteiger partial charge in [-0.15, -0.1) is 10.2 Å². The summed E-state index contributed by atoms with van der Waals surface area (Å²) in [5.41, 5.74) is 1.54. The first-order valence-electron chi connectivity index (χ1n) is 10.3. The summed E-state index contributed by atoms with van der Waals surface area (Å²) in [6.45, 7) is 6.43. The Morgan fingerprint density at radius 3 is 2.73 bits per heavy atom. The number of ether oxygens (including phenoxy) is 1. The molecule has 3 aromatic heterocycles. The molecule has 0 bridgehead atoms. The number of rotatable bonds is 3. The van der Waals surface area contributed by atoms with Crippen molar-refractivity contribution in [2.24, 2.45) is 0 Å². The fraction of sp³-hybridized carbons (Fsp3) is 0.318.